The minimum absolute atomic E-state index is 0.103. The first-order valence-electron chi connectivity index (χ1n) is 9.57. The van der Waals surface area contributed by atoms with Gasteiger partial charge in [0.1, 0.15) is 5.65 Å². The number of pyridine rings is 1. The van der Waals surface area contributed by atoms with Gasteiger partial charge in [-0.25, -0.2) is 4.98 Å². The van der Waals surface area contributed by atoms with Gasteiger partial charge < -0.3 is 4.40 Å². The molecule has 0 radical (unpaired) electrons. The summed E-state index contributed by atoms with van der Waals surface area (Å²) in [6.45, 7) is 4.04. The van der Waals surface area contributed by atoms with Gasteiger partial charge in [-0.05, 0) is 42.7 Å². The molecule has 3 aromatic rings. The lowest BCUT2D eigenvalue weighted by atomic mass is 10.1. The van der Waals surface area contributed by atoms with Crippen molar-refractivity contribution in [2.75, 3.05) is 6.54 Å². The average molecular weight is 407 g/mol. The number of benzene rings is 1. The second kappa shape index (κ2) is 7.78. The summed E-state index contributed by atoms with van der Waals surface area (Å²) >= 11 is 0. The van der Waals surface area contributed by atoms with Crippen LogP contribution in [-0.2, 0) is 6.18 Å². The minimum Gasteiger partial charge on any atom is -0.305 e. The van der Waals surface area contributed by atoms with Crippen molar-refractivity contribution in [3.05, 3.63) is 95.5 Å². The van der Waals surface area contributed by atoms with Gasteiger partial charge in [-0.15, -0.1) is 0 Å². The Kier molecular flexibility index (Phi) is 5.16. The molecule has 2 aromatic heterocycles. The monoisotopic (exact) mass is 407 g/mol. The zero-order valence-corrected chi connectivity index (χ0v) is 16.6. The number of alkyl halides is 3. The van der Waals surface area contributed by atoms with Gasteiger partial charge in [-0.3, -0.25) is 4.99 Å². The zero-order valence-electron chi connectivity index (χ0n) is 16.6. The highest BCUT2D eigenvalue weighted by atomic mass is 19.4. The van der Waals surface area contributed by atoms with E-state index < -0.39 is 11.7 Å². The molecule has 6 heteroatoms. The fourth-order valence-electron chi connectivity index (χ4n) is 3.38. The van der Waals surface area contributed by atoms with Crippen LogP contribution < -0.4 is 0 Å². The predicted octanol–water partition coefficient (Wildman–Crippen LogP) is 6.22. The van der Waals surface area contributed by atoms with E-state index in [0.717, 1.165) is 28.5 Å². The molecular formula is C24H20F3N3. The molecule has 152 valence electrons. The van der Waals surface area contributed by atoms with Gasteiger partial charge in [0.15, 0.2) is 0 Å². The van der Waals surface area contributed by atoms with Crippen molar-refractivity contribution in [3.8, 4) is 0 Å². The standard InChI is InChI=1S/C24H20F3N3/c1-3-4-8-16(2)19-11-20(24(25,26)27)23-29-22(15-30(23)14-19)18-12-21(28-13-18)17-9-6-5-7-10-17/h3-12,14-15H,13H2,1-2H3/b4-3-,16-8+. The van der Waals surface area contributed by atoms with E-state index in [4.69, 9.17) is 0 Å². The second-order valence-electron chi connectivity index (χ2n) is 7.11. The number of aliphatic imine (C=N–C) groups is 1. The normalized spacial score (nSPS) is 15.2. The molecule has 3 heterocycles. The molecule has 1 aliphatic rings. The molecule has 0 atom stereocenters. The van der Waals surface area contributed by atoms with Crippen LogP contribution in [0.25, 0.3) is 16.8 Å². The van der Waals surface area contributed by atoms with Crippen LogP contribution in [0.15, 0.2) is 78.1 Å². The van der Waals surface area contributed by atoms with Gasteiger partial charge in [0.2, 0.25) is 0 Å². The molecule has 1 aromatic carbocycles. The van der Waals surface area contributed by atoms with Gasteiger partial charge >= 0.3 is 6.18 Å². The number of allylic oxidation sites excluding steroid dienone is 5. The van der Waals surface area contributed by atoms with Crippen molar-refractivity contribution in [1.29, 1.82) is 0 Å². The maximum atomic E-state index is 13.8. The summed E-state index contributed by atoms with van der Waals surface area (Å²) in [5.41, 5.74) is 3.47. The third kappa shape index (κ3) is 3.85. The number of nitrogens with zero attached hydrogens (tertiary/aromatic N) is 3. The molecule has 0 bridgehead atoms. The summed E-state index contributed by atoms with van der Waals surface area (Å²) in [6.07, 6.45) is 6.14. The lowest BCUT2D eigenvalue weighted by molar-refractivity contribution is -0.136. The van der Waals surface area contributed by atoms with Crippen LogP contribution in [0, 0.1) is 0 Å². The van der Waals surface area contributed by atoms with Crippen molar-refractivity contribution in [2.45, 2.75) is 20.0 Å². The third-order valence-electron chi connectivity index (χ3n) is 4.98. The van der Waals surface area contributed by atoms with Crippen molar-refractivity contribution in [1.82, 2.24) is 9.38 Å². The van der Waals surface area contributed by atoms with Crippen LogP contribution in [-0.4, -0.2) is 21.6 Å². The minimum atomic E-state index is -4.50. The van der Waals surface area contributed by atoms with Gasteiger partial charge in [-0.2, -0.15) is 13.2 Å². The van der Waals surface area contributed by atoms with Crippen LogP contribution in [0.4, 0.5) is 13.2 Å². The Balaban J connectivity index is 1.79. The highest BCUT2D eigenvalue weighted by Crippen LogP contribution is 2.35. The number of aromatic nitrogens is 2. The van der Waals surface area contributed by atoms with E-state index in [1.807, 2.05) is 49.4 Å². The summed E-state index contributed by atoms with van der Waals surface area (Å²) in [5.74, 6) is 0. The lowest BCUT2D eigenvalue weighted by Crippen LogP contribution is -2.08. The molecule has 0 aliphatic carbocycles. The van der Waals surface area contributed by atoms with Crippen molar-refractivity contribution in [3.63, 3.8) is 0 Å². The van der Waals surface area contributed by atoms with Crippen molar-refractivity contribution in [2.24, 2.45) is 4.99 Å². The van der Waals surface area contributed by atoms with Crippen LogP contribution in [0.2, 0.25) is 0 Å². The maximum absolute atomic E-state index is 13.8. The van der Waals surface area contributed by atoms with E-state index in [1.165, 1.54) is 4.40 Å². The Morgan fingerprint density at radius 1 is 1.13 bits per heavy atom. The molecule has 1 aliphatic heterocycles. The van der Waals surface area contributed by atoms with Gasteiger partial charge in [0, 0.05) is 18.0 Å². The highest BCUT2D eigenvalue weighted by Gasteiger charge is 2.35. The van der Waals surface area contributed by atoms with E-state index in [9.17, 15) is 13.2 Å². The Hall–Kier alpha value is -3.41. The van der Waals surface area contributed by atoms with Crippen LogP contribution >= 0.6 is 0 Å². The molecule has 3 nitrogen and oxygen atoms in total. The van der Waals surface area contributed by atoms with Crippen LogP contribution in [0.3, 0.4) is 0 Å². The number of imidazole rings is 1. The molecule has 0 fully saturated rings. The second-order valence-corrected chi connectivity index (χ2v) is 7.11. The van der Waals surface area contributed by atoms with Gasteiger partial charge in [0.25, 0.3) is 0 Å². The van der Waals surface area contributed by atoms with E-state index in [1.54, 1.807) is 31.5 Å². The number of hydrogen-bond acceptors (Lipinski definition) is 2. The summed E-state index contributed by atoms with van der Waals surface area (Å²) in [7, 11) is 0. The summed E-state index contributed by atoms with van der Waals surface area (Å²) in [4.78, 5) is 8.84. The third-order valence-corrected chi connectivity index (χ3v) is 4.98. The Labute approximate surface area is 172 Å². The molecule has 0 N–H and O–H groups in total. The zero-order chi connectivity index (χ0) is 21.3. The van der Waals surface area contributed by atoms with E-state index in [-0.39, 0.29) is 5.65 Å². The molecule has 0 saturated heterocycles. The summed E-state index contributed by atoms with van der Waals surface area (Å²) in [5, 5.41) is 0. The highest BCUT2D eigenvalue weighted by molar-refractivity contribution is 6.14. The SMILES string of the molecule is C/C=C\C=C(/C)c1cc(C(F)(F)F)c2nc(C3=CC(c4ccccc4)=NC3)cn2c1. The maximum Gasteiger partial charge on any atom is 0.420 e. The summed E-state index contributed by atoms with van der Waals surface area (Å²) in [6, 6.07) is 10.8. The number of hydrogen-bond donors (Lipinski definition) is 0. The van der Waals surface area contributed by atoms with E-state index in [0.29, 0.717) is 17.8 Å². The molecule has 0 spiro atoms. The number of rotatable bonds is 4. The topological polar surface area (TPSA) is 29.7 Å². The molecule has 0 unspecified atom stereocenters. The summed E-state index contributed by atoms with van der Waals surface area (Å²) < 4.78 is 42.7. The van der Waals surface area contributed by atoms with Crippen LogP contribution in [0.5, 0.6) is 0 Å². The lowest BCUT2D eigenvalue weighted by Gasteiger charge is -2.11. The molecule has 0 amide bonds. The quantitative estimate of drug-likeness (QED) is 0.472. The number of fused-ring (bicyclic) bond motifs is 1. The molecular weight excluding hydrogens is 387 g/mol. The van der Waals surface area contributed by atoms with Crippen molar-refractivity contribution < 1.29 is 13.2 Å². The van der Waals surface area contributed by atoms with Gasteiger partial charge in [0.05, 0.1) is 23.5 Å². The molecule has 30 heavy (non-hydrogen) atoms. The first-order chi connectivity index (χ1) is 14.4. The van der Waals surface area contributed by atoms with Crippen molar-refractivity contribution >= 4 is 22.5 Å². The molecule has 4 rings (SSSR count). The Morgan fingerprint density at radius 3 is 2.60 bits per heavy atom. The molecule has 0 saturated carbocycles. The van der Waals surface area contributed by atoms with Crippen LogP contribution in [0.1, 0.15) is 36.2 Å². The fourth-order valence-corrected chi connectivity index (χ4v) is 3.38. The Morgan fingerprint density at radius 2 is 1.90 bits per heavy atom. The van der Waals surface area contributed by atoms with E-state index >= 15 is 0 Å². The fraction of sp³-hybridized carbons (Fsp3) is 0.167. The smallest absolute Gasteiger partial charge is 0.305 e. The Bertz CT molecular complexity index is 1210. The van der Waals surface area contributed by atoms with Gasteiger partial charge in [-0.1, -0.05) is 48.6 Å². The first kappa shape index (κ1) is 19.9. The average Bonchev–Trinajstić information content (AvgIpc) is 3.38. The largest absolute Gasteiger partial charge is 0.420 e. The number of halogens is 3. The van der Waals surface area contributed by atoms with E-state index in [2.05, 4.69) is 9.98 Å². The predicted molar refractivity (Wildman–Crippen MR) is 114 cm³/mol. The first-order valence-corrected chi connectivity index (χ1v) is 9.57.